The van der Waals surface area contributed by atoms with E-state index in [1.807, 2.05) is 0 Å². The van der Waals surface area contributed by atoms with Gasteiger partial charge in [0.2, 0.25) is 0 Å². The van der Waals surface area contributed by atoms with Crippen LogP contribution in [0.1, 0.15) is 19.0 Å². The summed E-state index contributed by atoms with van der Waals surface area (Å²) in [7, 11) is 0. The molecule has 0 amide bonds. The summed E-state index contributed by atoms with van der Waals surface area (Å²) in [5, 5.41) is 1.33. The van der Waals surface area contributed by atoms with Crippen molar-refractivity contribution in [3.8, 4) is 0 Å². The van der Waals surface area contributed by atoms with E-state index in [4.69, 9.17) is 5.73 Å². The predicted molar refractivity (Wildman–Crippen MR) is 65.0 cm³/mol. The SMILES string of the molecule is CCCn1c(CCN)cc2ccccc21. The zero-order valence-electron chi connectivity index (χ0n) is 9.24. The van der Waals surface area contributed by atoms with Crippen LogP contribution in [0.15, 0.2) is 30.3 Å². The largest absolute Gasteiger partial charge is 0.345 e. The van der Waals surface area contributed by atoms with Gasteiger partial charge in [0.15, 0.2) is 0 Å². The van der Waals surface area contributed by atoms with Crippen molar-refractivity contribution in [3.63, 3.8) is 0 Å². The Labute approximate surface area is 90.7 Å². The number of fused-ring (bicyclic) bond motifs is 1. The second kappa shape index (κ2) is 4.49. The molecule has 1 heterocycles. The highest BCUT2D eigenvalue weighted by Gasteiger charge is 2.06. The van der Waals surface area contributed by atoms with Gasteiger partial charge in [-0.25, -0.2) is 0 Å². The average molecular weight is 202 g/mol. The van der Waals surface area contributed by atoms with Crippen LogP contribution >= 0.6 is 0 Å². The molecule has 0 aliphatic rings. The number of benzene rings is 1. The smallest absolute Gasteiger partial charge is 0.0482 e. The highest BCUT2D eigenvalue weighted by Crippen LogP contribution is 2.20. The van der Waals surface area contributed by atoms with Crippen molar-refractivity contribution in [2.75, 3.05) is 6.54 Å². The standard InChI is InChI=1S/C13H18N2/c1-2-9-15-12(7-8-14)10-11-5-3-4-6-13(11)15/h3-6,10H,2,7-9,14H2,1H3. The zero-order chi connectivity index (χ0) is 10.7. The van der Waals surface area contributed by atoms with E-state index in [9.17, 15) is 0 Å². The van der Waals surface area contributed by atoms with Gasteiger partial charge in [0.1, 0.15) is 0 Å². The van der Waals surface area contributed by atoms with Crippen LogP contribution in [0.4, 0.5) is 0 Å². The molecule has 2 rings (SSSR count). The third-order valence-electron chi connectivity index (χ3n) is 2.74. The quantitative estimate of drug-likeness (QED) is 0.811. The highest BCUT2D eigenvalue weighted by atomic mass is 15.0. The summed E-state index contributed by atoms with van der Waals surface area (Å²) >= 11 is 0. The third-order valence-corrected chi connectivity index (χ3v) is 2.74. The van der Waals surface area contributed by atoms with Gasteiger partial charge in [0.25, 0.3) is 0 Å². The van der Waals surface area contributed by atoms with Crippen molar-refractivity contribution in [1.29, 1.82) is 0 Å². The lowest BCUT2D eigenvalue weighted by Gasteiger charge is -2.08. The predicted octanol–water partition coefficient (Wildman–Crippen LogP) is 2.55. The van der Waals surface area contributed by atoms with Crippen LogP contribution in [-0.2, 0) is 13.0 Å². The molecular formula is C13H18N2. The minimum atomic E-state index is 0.722. The van der Waals surface area contributed by atoms with Crippen molar-refractivity contribution in [3.05, 3.63) is 36.0 Å². The van der Waals surface area contributed by atoms with Crippen molar-refractivity contribution >= 4 is 10.9 Å². The van der Waals surface area contributed by atoms with Gasteiger partial charge < -0.3 is 10.3 Å². The summed E-state index contributed by atoms with van der Waals surface area (Å²) in [5.74, 6) is 0. The number of hydrogen-bond donors (Lipinski definition) is 1. The van der Waals surface area contributed by atoms with Gasteiger partial charge in [-0.1, -0.05) is 25.1 Å². The van der Waals surface area contributed by atoms with Crippen LogP contribution in [-0.4, -0.2) is 11.1 Å². The number of hydrogen-bond acceptors (Lipinski definition) is 1. The molecule has 2 N–H and O–H groups in total. The maximum Gasteiger partial charge on any atom is 0.0482 e. The Morgan fingerprint density at radius 1 is 1.27 bits per heavy atom. The molecule has 1 aromatic carbocycles. The molecule has 0 radical (unpaired) electrons. The van der Waals surface area contributed by atoms with Crippen LogP contribution in [0.3, 0.4) is 0 Å². The Kier molecular flexibility index (Phi) is 3.07. The van der Waals surface area contributed by atoms with Crippen molar-refractivity contribution < 1.29 is 0 Å². The Morgan fingerprint density at radius 3 is 2.80 bits per heavy atom. The highest BCUT2D eigenvalue weighted by molar-refractivity contribution is 5.81. The molecule has 0 saturated carbocycles. The monoisotopic (exact) mass is 202 g/mol. The number of aromatic nitrogens is 1. The van der Waals surface area contributed by atoms with Gasteiger partial charge in [-0.3, -0.25) is 0 Å². The van der Waals surface area contributed by atoms with Gasteiger partial charge in [0.05, 0.1) is 0 Å². The summed E-state index contributed by atoms with van der Waals surface area (Å²) in [6.45, 7) is 4.02. The molecule has 0 unspecified atom stereocenters. The molecule has 15 heavy (non-hydrogen) atoms. The lowest BCUT2D eigenvalue weighted by atomic mass is 10.2. The molecule has 0 bridgehead atoms. The first kappa shape index (κ1) is 10.2. The van der Waals surface area contributed by atoms with E-state index in [2.05, 4.69) is 41.8 Å². The zero-order valence-corrected chi connectivity index (χ0v) is 9.24. The summed E-state index contributed by atoms with van der Waals surface area (Å²) in [5.41, 5.74) is 8.33. The minimum absolute atomic E-state index is 0.722. The molecule has 0 saturated heterocycles. The second-order valence-electron chi connectivity index (χ2n) is 3.88. The second-order valence-corrected chi connectivity index (χ2v) is 3.88. The van der Waals surface area contributed by atoms with Crippen LogP contribution in [0.2, 0.25) is 0 Å². The molecule has 80 valence electrons. The van der Waals surface area contributed by atoms with Gasteiger partial charge in [0, 0.05) is 17.8 Å². The molecular weight excluding hydrogens is 184 g/mol. The molecule has 1 aromatic heterocycles. The number of para-hydroxylation sites is 1. The van der Waals surface area contributed by atoms with Crippen LogP contribution in [0, 0.1) is 0 Å². The number of rotatable bonds is 4. The Balaban J connectivity index is 2.53. The number of nitrogens with zero attached hydrogens (tertiary/aromatic N) is 1. The van der Waals surface area contributed by atoms with Gasteiger partial charge in [-0.05, 0) is 36.9 Å². The molecule has 0 aliphatic carbocycles. The van der Waals surface area contributed by atoms with E-state index in [0.29, 0.717) is 0 Å². The Bertz CT molecular complexity index is 443. The van der Waals surface area contributed by atoms with E-state index in [1.165, 1.54) is 16.6 Å². The summed E-state index contributed by atoms with van der Waals surface area (Å²) in [4.78, 5) is 0. The molecule has 0 atom stereocenters. The number of nitrogens with two attached hydrogens (primary N) is 1. The summed E-state index contributed by atoms with van der Waals surface area (Å²) in [6, 6.07) is 10.8. The number of aryl methyl sites for hydroxylation is 1. The summed E-state index contributed by atoms with van der Waals surface area (Å²) < 4.78 is 2.39. The van der Waals surface area contributed by atoms with E-state index >= 15 is 0 Å². The van der Waals surface area contributed by atoms with E-state index in [1.54, 1.807) is 0 Å². The average Bonchev–Trinajstić information content (AvgIpc) is 2.59. The fourth-order valence-corrected chi connectivity index (χ4v) is 2.11. The van der Waals surface area contributed by atoms with Gasteiger partial charge in [-0.2, -0.15) is 0 Å². The normalized spacial score (nSPS) is 11.1. The van der Waals surface area contributed by atoms with E-state index in [0.717, 1.165) is 25.9 Å². The fourth-order valence-electron chi connectivity index (χ4n) is 2.11. The molecule has 2 aromatic rings. The first-order chi connectivity index (χ1) is 7.36. The van der Waals surface area contributed by atoms with E-state index < -0.39 is 0 Å². The third kappa shape index (κ3) is 1.90. The molecule has 0 aliphatic heterocycles. The molecule has 0 fully saturated rings. The van der Waals surface area contributed by atoms with Crippen molar-refractivity contribution in [2.24, 2.45) is 5.73 Å². The van der Waals surface area contributed by atoms with Gasteiger partial charge in [-0.15, -0.1) is 0 Å². The minimum Gasteiger partial charge on any atom is -0.345 e. The topological polar surface area (TPSA) is 30.9 Å². The van der Waals surface area contributed by atoms with Crippen molar-refractivity contribution in [1.82, 2.24) is 4.57 Å². The summed E-state index contributed by atoms with van der Waals surface area (Å²) in [6.07, 6.45) is 2.13. The van der Waals surface area contributed by atoms with Crippen LogP contribution in [0.25, 0.3) is 10.9 Å². The first-order valence-corrected chi connectivity index (χ1v) is 5.64. The molecule has 2 heteroatoms. The fraction of sp³-hybridized carbons (Fsp3) is 0.385. The Morgan fingerprint density at radius 2 is 2.07 bits per heavy atom. The van der Waals surface area contributed by atoms with Crippen LogP contribution < -0.4 is 5.73 Å². The molecule has 0 spiro atoms. The maximum absolute atomic E-state index is 5.63. The van der Waals surface area contributed by atoms with Crippen molar-refractivity contribution in [2.45, 2.75) is 26.3 Å². The first-order valence-electron chi connectivity index (χ1n) is 5.64. The lowest BCUT2D eigenvalue weighted by Crippen LogP contribution is -2.08. The lowest BCUT2D eigenvalue weighted by molar-refractivity contribution is 0.666. The Hall–Kier alpha value is -1.28. The molecule has 2 nitrogen and oxygen atoms in total. The maximum atomic E-state index is 5.63. The van der Waals surface area contributed by atoms with Crippen LogP contribution in [0.5, 0.6) is 0 Å². The van der Waals surface area contributed by atoms with Gasteiger partial charge >= 0.3 is 0 Å². The van der Waals surface area contributed by atoms with E-state index in [-0.39, 0.29) is 0 Å².